The first-order valence-corrected chi connectivity index (χ1v) is 9.60. The van der Waals surface area contributed by atoms with Crippen molar-refractivity contribution in [3.05, 3.63) is 46.1 Å². The molecule has 176 valence electrons. The fourth-order valence-corrected chi connectivity index (χ4v) is 3.82. The first kappa shape index (κ1) is 22.8. The van der Waals surface area contributed by atoms with Crippen molar-refractivity contribution in [3.63, 3.8) is 0 Å². The van der Waals surface area contributed by atoms with Gasteiger partial charge in [0.05, 0.1) is 12.2 Å². The molecule has 1 saturated heterocycles. The van der Waals surface area contributed by atoms with E-state index < -0.39 is 76.2 Å². The lowest BCUT2D eigenvalue weighted by Gasteiger charge is -2.45. The number of aromatic hydroxyl groups is 4. The van der Waals surface area contributed by atoms with Crippen LogP contribution >= 0.6 is 0 Å². The van der Waals surface area contributed by atoms with Crippen LogP contribution in [0.15, 0.2) is 39.5 Å². The van der Waals surface area contributed by atoms with Gasteiger partial charge >= 0.3 is 0 Å². The summed E-state index contributed by atoms with van der Waals surface area (Å²) in [4.78, 5) is 12.8. The van der Waals surface area contributed by atoms with E-state index in [1.807, 2.05) is 0 Å². The van der Waals surface area contributed by atoms with Crippen LogP contribution in [0.2, 0.25) is 0 Å². The number of rotatable bonds is 3. The highest BCUT2D eigenvalue weighted by Crippen LogP contribution is 2.47. The maximum Gasteiger partial charge on any atom is 0.229 e. The molecule has 1 aliphatic rings. The van der Waals surface area contributed by atoms with E-state index in [4.69, 9.17) is 9.15 Å². The van der Waals surface area contributed by atoms with Crippen molar-refractivity contribution in [1.29, 1.82) is 0 Å². The minimum atomic E-state index is -3.03. The number of aliphatic hydroxyl groups excluding tert-OH is 4. The van der Waals surface area contributed by atoms with Gasteiger partial charge in [0.25, 0.3) is 0 Å². The summed E-state index contributed by atoms with van der Waals surface area (Å²) in [5.41, 5.74) is -1.92. The molecule has 1 aliphatic heterocycles. The summed E-state index contributed by atoms with van der Waals surface area (Å²) in [5.74, 6) is -5.96. The number of aliphatic hydroxyl groups is 5. The molecule has 5 atom stereocenters. The standard InChI is InChI=1S/C21H20O12/c22-6-14-17(27)19(29)20(30)21(31,33-14)16-11(26)5-13-15(18(16)28)10(25)4-12(32-13)7-1-2-8(23)9(24)3-7/h1-5,14,17,19-20,22-24,26-31H,6H2/t14-,17+,19-,20-,21-/m0/s1. The van der Waals surface area contributed by atoms with E-state index in [0.29, 0.717) is 0 Å². The molecule has 0 amide bonds. The average Bonchev–Trinajstić information content (AvgIpc) is 2.76. The zero-order valence-electron chi connectivity index (χ0n) is 16.7. The summed E-state index contributed by atoms with van der Waals surface area (Å²) in [5, 5.41) is 90.5. The Labute approximate surface area is 184 Å². The van der Waals surface area contributed by atoms with Gasteiger partial charge in [0, 0.05) is 17.7 Å². The monoisotopic (exact) mass is 464 g/mol. The van der Waals surface area contributed by atoms with Gasteiger partial charge in [-0.3, -0.25) is 4.79 Å². The van der Waals surface area contributed by atoms with Gasteiger partial charge in [-0.15, -0.1) is 0 Å². The Balaban J connectivity index is 1.91. The van der Waals surface area contributed by atoms with Crippen LogP contribution in [-0.2, 0) is 10.5 Å². The number of phenolic OH excluding ortho intramolecular Hbond substituents is 4. The van der Waals surface area contributed by atoms with Crippen molar-refractivity contribution in [2.75, 3.05) is 6.61 Å². The lowest BCUT2D eigenvalue weighted by molar-refractivity contribution is -0.358. The predicted molar refractivity (Wildman–Crippen MR) is 108 cm³/mol. The third-order valence-electron chi connectivity index (χ3n) is 5.56. The van der Waals surface area contributed by atoms with Crippen LogP contribution < -0.4 is 5.43 Å². The fraction of sp³-hybridized carbons (Fsp3) is 0.286. The van der Waals surface area contributed by atoms with Gasteiger partial charge in [-0.1, -0.05) is 0 Å². The lowest BCUT2D eigenvalue weighted by atomic mass is 9.86. The number of hydrogen-bond donors (Lipinski definition) is 9. The second kappa shape index (κ2) is 7.88. The number of phenols is 4. The van der Waals surface area contributed by atoms with Gasteiger partial charge < -0.3 is 55.1 Å². The second-order valence-corrected chi connectivity index (χ2v) is 7.63. The lowest BCUT2D eigenvalue weighted by Crippen LogP contribution is -2.63. The van der Waals surface area contributed by atoms with E-state index in [1.165, 1.54) is 6.07 Å². The van der Waals surface area contributed by atoms with Gasteiger partial charge in [0.2, 0.25) is 5.79 Å². The van der Waals surface area contributed by atoms with Crippen LogP contribution in [-0.4, -0.2) is 77.0 Å². The number of benzene rings is 2. The molecule has 3 aromatic rings. The molecule has 0 unspecified atom stereocenters. The van der Waals surface area contributed by atoms with E-state index in [0.717, 1.165) is 24.3 Å². The van der Waals surface area contributed by atoms with Crippen molar-refractivity contribution in [2.45, 2.75) is 30.2 Å². The third-order valence-corrected chi connectivity index (χ3v) is 5.56. The molecule has 4 rings (SSSR count). The molecule has 2 heterocycles. The van der Waals surface area contributed by atoms with E-state index in [1.54, 1.807) is 0 Å². The molecule has 2 aromatic carbocycles. The molecule has 12 nitrogen and oxygen atoms in total. The zero-order chi connectivity index (χ0) is 24.2. The maximum absolute atomic E-state index is 12.8. The van der Waals surface area contributed by atoms with Crippen molar-refractivity contribution in [2.24, 2.45) is 0 Å². The first-order valence-electron chi connectivity index (χ1n) is 9.60. The molecule has 0 saturated carbocycles. The van der Waals surface area contributed by atoms with E-state index in [-0.39, 0.29) is 16.9 Å². The van der Waals surface area contributed by atoms with Crippen LogP contribution in [0.25, 0.3) is 22.3 Å². The van der Waals surface area contributed by atoms with Crippen LogP contribution in [0.1, 0.15) is 5.56 Å². The Hall–Kier alpha value is -3.39. The minimum Gasteiger partial charge on any atom is -0.507 e. The summed E-state index contributed by atoms with van der Waals surface area (Å²) < 4.78 is 10.7. The zero-order valence-corrected chi connectivity index (χ0v) is 16.7. The molecule has 1 fully saturated rings. The summed E-state index contributed by atoms with van der Waals surface area (Å²) in [6.45, 7) is -0.896. The van der Waals surface area contributed by atoms with Gasteiger partial charge in [-0.2, -0.15) is 0 Å². The van der Waals surface area contributed by atoms with Crippen LogP contribution in [0.3, 0.4) is 0 Å². The van der Waals surface area contributed by atoms with Crippen LogP contribution in [0.5, 0.6) is 23.0 Å². The highest BCUT2D eigenvalue weighted by molar-refractivity contribution is 5.88. The molecule has 0 radical (unpaired) electrons. The molecule has 0 spiro atoms. The van der Waals surface area contributed by atoms with E-state index >= 15 is 0 Å². The Morgan fingerprint density at radius 2 is 1.61 bits per heavy atom. The predicted octanol–water partition coefficient (Wildman–Crippen LogP) is -1.10. The third kappa shape index (κ3) is 3.45. The van der Waals surface area contributed by atoms with E-state index in [9.17, 15) is 50.8 Å². The van der Waals surface area contributed by atoms with Gasteiger partial charge in [0.15, 0.2) is 16.9 Å². The molecular weight excluding hydrogens is 444 g/mol. The number of fused-ring (bicyclic) bond motifs is 1. The molecular formula is C21H20O12. The van der Waals surface area contributed by atoms with Crippen LogP contribution in [0.4, 0.5) is 0 Å². The summed E-state index contributed by atoms with van der Waals surface area (Å²) in [6.07, 6.45) is -7.75. The highest BCUT2D eigenvalue weighted by atomic mass is 16.7. The molecule has 33 heavy (non-hydrogen) atoms. The maximum atomic E-state index is 12.8. The molecule has 0 aliphatic carbocycles. The molecule has 1 aromatic heterocycles. The fourth-order valence-electron chi connectivity index (χ4n) is 3.82. The minimum absolute atomic E-state index is 0.0964. The Morgan fingerprint density at radius 1 is 0.909 bits per heavy atom. The molecule has 12 heteroatoms. The van der Waals surface area contributed by atoms with Crippen molar-refractivity contribution in [3.8, 4) is 34.3 Å². The summed E-state index contributed by atoms with van der Waals surface area (Å²) in [7, 11) is 0. The van der Waals surface area contributed by atoms with Crippen molar-refractivity contribution >= 4 is 11.0 Å². The van der Waals surface area contributed by atoms with Gasteiger partial charge in [-0.25, -0.2) is 0 Å². The van der Waals surface area contributed by atoms with Crippen LogP contribution in [0, 0.1) is 0 Å². The molecule has 9 N–H and O–H groups in total. The van der Waals surface area contributed by atoms with Crippen molar-refractivity contribution in [1.82, 2.24) is 0 Å². The SMILES string of the molecule is O=c1cc(-c2ccc(O)c(O)c2)oc2cc(O)c([C@]3(O)O[C@@H](CO)[C@@H](O)[C@H](O)[C@@H]3O)c(O)c12. The smallest absolute Gasteiger partial charge is 0.229 e. The average molecular weight is 464 g/mol. The number of hydrogen-bond acceptors (Lipinski definition) is 12. The highest BCUT2D eigenvalue weighted by Gasteiger charge is 2.56. The topological polar surface area (TPSA) is 222 Å². The quantitative estimate of drug-likeness (QED) is 0.211. The normalized spacial score (nSPS) is 27.7. The largest absolute Gasteiger partial charge is 0.507 e. The van der Waals surface area contributed by atoms with Crippen molar-refractivity contribution < 1.29 is 55.1 Å². The summed E-state index contributed by atoms with van der Waals surface area (Å²) in [6, 6.07) is 5.39. The van der Waals surface area contributed by atoms with Gasteiger partial charge in [-0.05, 0) is 18.2 Å². The Bertz CT molecular complexity index is 1280. The summed E-state index contributed by atoms with van der Waals surface area (Å²) >= 11 is 0. The van der Waals surface area contributed by atoms with Gasteiger partial charge in [0.1, 0.15) is 52.6 Å². The number of ether oxygens (including phenoxy) is 1. The Morgan fingerprint density at radius 3 is 2.24 bits per heavy atom. The van der Waals surface area contributed by atoms with E-state index in [2.05, 4.69) is 0 Å². The second-order valence-electron chi connectivity index (χ2n) is 7.63. The first-order chi connectivity index (χ1) is 15.5. The molecule has 0 bridgehead atoms. The Kier molecular flexibility index (Phi) is 5.44.